The van der Waals surface area contributed by atoms with E-state index in [4.69, 9.17) is 21.1 Å². The zero-order chi connectivity index (χ0) is 17.6. The van der Waals surface area contributed by atoms with Crippen molar-refractivity contribution in [3.05, 3.63) is 77.4 Å². The van der Waals surface area contributed by atoms with Crippen molar-refractivity contribution in [1.82, 2.24) is 4.98 Å². The van der Waals surface area contributed by atoms with Crippen molar-refractivity contribution >= 4 is 23.2 Å². The molecule has 126 valence electrons. The number of carbonyl (C=O) groups is 1. The average molecular weight is 355 g/mol. The van der Waals surface area contributed by atoms with E-state index in [1.165, 1.54) is 0 Å². The number of carbonyl (C=O) groups excluding carboxylic acids is 1. The lowest BCUT2D eigenvalue weighted by atomic mass is 10.2. The van der Waals surface area contributed by atoms with Gasteiger partial charge in [-0.3, -0.25) is 4.79 Å². The normalized spacial score (nSPS) is 10.2. The molecule has 0 aliphatic carbocycles. The molecule has 0 aliphatic rings. The number of pyridine rings is 1. The fourth-order valence-corrected chi connectivity index (χ4v) is 2.26. The van der Waals surface area contributed by atoms with Crippen molar-refractivity contribution in [1.29, 1.82) is 0 Å². The Morgan fingerprint density at radius 3 is 2.36 bits per heavy atom. The molecule has 1 N–H and O–H groups in total. The van der Waals surface area contributed by atoms with Gasteiger partial charge in [-0.25, -0.2) is 4.98 Å². The topological polar surface area (TPSA) is 60.5 Å². The molecule has 0 aliphatic heterocycles. The Balaban J connectivity index is 1.79. The molecule has 0 radical (unpaired) electrons. The van der Waals surface area contributed by atoms with Crippen LogP contribution in [0.2, 0.25) is 5.02 Å². The molecule has 2 aromatic carbocycles. The molecular formula is C19H15ClN2O3. The molecule has 1 aromatic heterocycles. The Hall–Kier alpha value is -3.05. The zero-order valence-corrected chi connectivity index (χ0v) is 14.2. The predicted octanol–water partition coefficient (Wildman–Crippen LogP) is 4.79. The highest BCUT2D eigenvalue weighted by Crippen LogP contribution is 2.25. The van der Waals surface area contributed by atoms with Crippen molar-refractivity contribution in [3.8, 4) is 17.4 Å². The number of aromatic nitrogens is 1. The van der Waals surface area contributed by atoms with Crippen LogP contribution >= 0.6 is 11.6 Å². The van der Waals surface area contributed by atoms with Crippen LogP contribution in [0, 0.1) is 0 Å². The second-order valence-electron chi connectivity index (χ2n) is 5.09. The van der Waals surface area contributed by atoms with E-state index in [0.717, 1.165) is 0 Å². The van der Waals surface area contributed by atoms with Gasteiger partial charge in [0.15, 0.2) is 0 Å². The van der Waals surface area contributed by atoms with Gasteiger partial charge in [0.05, 0.1) is 7.11 Å². The maximum Gasteiger partial charge on any atom is 0.261 e. The number of hydrogen-bond acceptors (Lipinski definition) is 4. The molecule has 1 heterocycles. The van der Waals surface area contributed by atoms with Crippen molar-refractivity contribution < 1.29 is 14.3 Å². The maximum absolute atomic E-state index is 12.6. The summed E-state index contributed by atoms with van der Waals surface area (Å²) in [5, 5.41) is 3.41. The minimum Gasteiger partial charge on any atom is -0.497 e. The van der Waals surface area contributed by atoms with Crippen LogP contribution in [0.3, 0.4) is 0 Å². The fraction of sp³-hybridized carbons (Fsp3) is 0.0526. The van der Waals surface area contributed by atoms with Crippen LogP contribution in [-0.4, -0.2) is 18.0 Å². The van der Waals surface area contributed by atoms with Gasteiger partial charge in [0.2, 0.25) is 5.88 Å². The second kappa shape index (κ2) is 7.68. The highest BCUT2D eigenvalue weighted by atomic mass is 35.5. The first-order valence-electron chi connectivity index (χ1n) is 7.49. The Morgan fingerprint density at radius 1 is 1.00 bits per heavy atom. The quantitative estimate of drug-likeness (QED) is 0.715. The molecule has 0 saturated heterocycles. The van der Waals surface area contributed by atoms with E-state index in [1.807, 2.05) is 0 Å². The fourth-order valence-electron chi connectivity index (χ4n) is 2.13. The van der Waals surface area contributed by atoms with Gasteiger partial charge in [-0.05, 0) is 60.7 Å². The molecule has 0 saturated carbocycles. The van der Waals surface area contributed by atoms with E-state index in [-0.39, 0.29) is 11.8 Å². The summed E-state index contributed by atoms with van der Waals surface area (Å²) >= 11 is 5.86. The SMILES string of the molecule is COc1ccc(NC(=O)c2cccnc2Oc2ccc(Cl)cc2)cc1. The number of benzene rings is 2. The molecule has 0 bridgehead atoms. The summed E-state index contributed by atoms with van der Waals surface area (Å²) in [4.78, 5) is 16.7. The summed E-state index contributed by atoms with van der Waals surface area (Å²) in [5.74, 6) is 1.16. The molecule has 25 heavy (non-hydrogen) atoms. The number of nitrogens with one attached hydrogen (secondary N) is 1. The number of hydrogen-bond donors (Lipinski definition) is 1. The lowest BCUT2D eigenvalue weighted by Gasteiger charge is -2.10. The minimum absolute atomic E-state index is 0.218. The summed E-state index contributed by atoms with van der Waals surface area (Å²) in [6, 6.07) is 17.2. The molecule has 0 unspecified atom stereocenters. The van der Waals surface area contributed by atoms with E-state index in [0.29, 0.717) is 27.8 Å². The van der Waals surface area contributed by atoms with Crippen LogP contribution in [0.25, 0.3) is 0 Å². The molecular weight excluding hydrogens is 340 g/mol. The molecule has 0 spiro atoms. The first-order chi connectivity index (χ1) is 12.2. The smallest absolute Gasteiger partial charge is 0.261 e. The van der Waals surface area contributed by atoms with E-state index in [2.05, 4.69) is 10.3 Å². The first kappa shape index (κ1) is 16.8. The highest BCUT2D eigenvalue weighted by Gasteiger charge is 2.14. The van der Waals surface area contributed by atoms with Crippen LogP contribution in [0.4, 0.5) is 5.69 Å². The van der Waals surface area contributed by atoms with Gasteiger partial charge in [-0.15, -0.1) is 0 Å². The van der Waals surface area contributed by atoms with Crippen molar-refractivity contribution in [3.63, 3.8) is 0 Å². The molecule has 6 heteroatoms. The molecule has 0 atom stereocenters. The summed E-state index contributed by atoms with van der Waals surface area (Å²) in [6.07, 6.45) is 1.56. The third-order valence-corrected chi connectivity index (χ3v) is 3.64. The Kier molecular flexibility index (Phi) is 5.16. The second-order valence-corrected chi connectivity index (χ2v) is 5.53. The Morgan fingerprint density at radius 2 is 1.68 bits per heavy atom. The van der Waals surface area contributed by atoms with Crippen LogP contribution in [0.5, 0.6) is 17.4 Å². The average Bonchev–Trinajstić information content (AvgIpc) is 2.64. The number of anilines is 1. The molecule has 3 rings (SSSR count). The van der Waals surface area contributed by atoms with E-state index in [9.17, 15) is 4.79 Å². The maximum atomic E-state index is 12.6. The number of rotatable bonds is 5. The van der Waals surface area contributed by atoms with E-state index >= 15 is 0 Å². The van der Waals surface area contributed by atoms with Crippen molar-refractivity contribution in [2.24, 2.45) is 0 Å². The molecule has 1 amide bonds. The zero-order valence-electron chi connectivity index (χ0n) is 13.4. The van der Waals surface area contributed by atoms with Crippen molar-refractivity contribution in [2.45, 2.75) is 0 Å². The summed E-state index contributed by atoms with van der Waals surface area (Å²) in [6.45, 7) is 0. The highest BCUT2D eigenvalue weighted by molar-refractivity contribution is 6.30. The lowest BCUT2D eigenvalue weighted by Crippen LogP contribution is -2.13. The standard InChI is InChI=1S/C19H15ClN2O3/c1-24-15-10-6-14(7-11-15)22-18(23)17-3-2-12-21-19(17)25-16-8-4-13(20)5-9-16/h2-12H,1H3,(H,22,23). The van der Waals surface area contributed by atoms with Gasteiger partial charge in [0, 0.05) is 16.9 Å². The predicted molar refractivity (Wildman–Crippen MR) is 96.7 cm³/mol. The number of amides is 1. The van der Waals surface area contributed by atoms with Crippen LogP contribution in [0.15, 0.2) is 66.9 Å². The summed E-state index contributed by atoms with van der Waals surface area (Å²) < 4.78 is 10.8. The first-order valence-corrected chi connectivity index (χ1v) is 7.87. The van der Waals surface area contributed by atoms with Gasteiger partial charge >= 0.3 is 0 Å². The van der Waals surface area contributed by atoms with E-state index in [1.54, 1.807) is 74.0 Å². The number of halogens is 1. The number of methoxy groups -OCH3 is 1. The largest absolute Gasteiger partial charge is 0.497 e. The molecule has 0 fully saturated rings. The third kappa shape index (κ3) is 4.28. The Bertz CT molecular complexity index is 865. The van der Waals surface area contributed by atoms with Crippen LogP contribution in [0.1, 0.15) is 10.4 Å². The summed E-state index contributed by atoms with van der Waals surface area (Å²) in [7, 11) is 1.59. The number of nitrogens with zero attached hydrogens (tertiary/aromatic N) is 1. The minimum atomic E-state index is -0.317. The monoisotopic (exact) mass is 354 g/mol. The van der Waals surface area contributed by atoms with Crippen molar-refractivity contribution in [2.75, 3.05) is 12.4 Å². The van der Waals surface area contributed by atoms with Gasteiger partial charge < -0.3 is 14.8 Å². The van der Waals surface area contributed by atoms with E-state index < -0.39 is 0 Å². The van der Waals surface area contributed by atoms with Crippen LogP contribution in [-0.2, 0) is 0 Å². The Labute approximate surface area is 150 Å². The lowest BCUT2D eigenvalue weighted by molar-refractivity contribution is 0.102. The summed E-state index contributed by atoms with van der Waals surface area (Å²) in [5.41, 5.74) is 0.973. The van der Waals surface area contributed by atoms with Gasteiger partial charge in [0.25, 0.3) is 5.91 Å². The van der Waals surface area contributed by atoms with Crippen LogP contribution < -0.4 is 14.8 Å². The third-order valence-electron chi connectivity index (χ3n) is 3.39. The molecule has 5 nitrogen and oxygen atoms in total. The number of ether oxygens (including phenoxy) is 2. The van der Waals surface area contributed by atoms with Gasteiger partial charge in [0.1, 0.15) is 17.1 Å². The van der Waals surface area contributed by atoms with Gasteiger partial charge in [-0.1, -0.05) is 11.6 Å². The molecule has 3 aromatic rings. The van der Waals surface area contributed by atoms with Gasteiger partial charge in [-0.2, -0.15) is 0 Å².